The number of carbonyl (C=O) groups excluding carboxylic acids is 1. The Labute approximate surface area is 104 Å². The van der Waals surface area contributed by atoms with Gasteiger partial charge in [-0.3, -0.25) is 9.48 Å². The maximum absolute atomic E-state index is 11.1. The van der Waals surface area contributed by atoms with Gasteiger partial charge in [0, 0.05) is 18.1 Å². The fourth-order valence-electron chi connectivity index (χ4n) is 1.52. The summed E-state index contributed by atoms with van der Waals surface area (Å²) in [5.41, 5.74) is 1.82. The van der Waals surface area contributed by atoms with E-state index < -0.39 is 0 Å². The number of anilines is 1. The van der Waals surface area contributed by atoms with Crippen molar-refractivity contribution < 1.29 is 4.79 Å². The lowest BCUT2D eigenvalue weighted by Crippen LogP contribution is -2.12. The van der Waals surface area contributed by atoms with Crippen LogP contribution in [-0.4, -0.2) is 21.6 Å². The first-order valence-corrected chi connectivity index (χ1v) is 5.73. The third-order valence-electron chi connectivity index (χ3n) is 2.24. The number of aromatic nitrogens is 2. The first-order chi connectivity index (χ1) is 8.28. The number of alkyl halides is 1. The van der Waals surface area contributed by atoms with Gasteiger partial charge >= 0.3 is 0 Å². The number of amides is 1. The lowest BCUT2D eigenvalue weighted by atomic mass is 10.2. The van der Waals surface area contributed by atoms with Crippen LogP contribution >= 0.6 is 11.6 Å². The Balaban J connectivity index is 2.08. The summed E-state index contributed by atoms with van der Waals surface area (Å²) in [6, 6.07) is 9.49. The van der Waals surface area contributed by atoms with E-state index in [0.29, 0.717) is 6.54 Å². The molecule has 0 atom stereocenters. The van der Waals surface area contributed by atoms with E-state index in [1.165, 1.54) is 0 Å². The van der Waals surface area contributed by atoms with Crippen molar-refractivity contribution in [3.63, 3.8) is 0 Å². The van der Waals surface area contributed by atoms with E-state index in [2.05, 4.69) is 10.4 Å². The van der Waals surface area contributed by atoms with Gasteiger partial charge in [-0.25, -0.2) is 0 Å². The highest BCUT2D eigenvalue weighted by Crippen LogP contribution is 2.11. The van der Waals surface area contributed by atoms with E-state index in [1.807, 2.05) is 41.2 Å². The maximum Gasteiger partial charge on any atom is 0.239 e. The van der Waals surface area contributed by atoms with E-state index in [0.717, 1.165) is 11.3 Å². The normalized spacial score (nSPS) is 10.2. The summed E-state index contributed by atoms with van der Waals surface area (Å²) in [5.74, 6) is -0.244. The number of nitrogens with zero attached hydrogens (tertiary/aromatic N) is 2. The summed E-state index contributed by atoms with van der Waals surface area (Å²) < 4.78 is 1.82. The third kappa shape index (κ3) is 3.32. The number of carbonyl (C=O) groups is 1. The maximum atomic E-state index is 11.1. The van der Waals surface area contributed by atoms with Crippen molar-refractivity contribution in [3.8, 4) is 0 Å². The first-order valence-electron chi connectivity index (χ1n) is 5.20. The van der Waals surface area contributed by atoms with Crippen LogP contribution in [0.25, 0.3) is 0 Å². The highest BCUT2D eigenvalue weighted by Gasteiger charge is 2.01. The molecule has 1 amide bonds. The zero-order chi connectivity index (χ0) is 12.1. The van der Waals surface area contributed by atoms with Gasteiger partial charge in [0.2, 0.25) is 5.91 Å². The minimum atomic E-state index is -0.206. The predicted molar refractivity (Wildman–Crippen MR) is 67.1 cm³/mol. The highest BCUT2D eigenvalue weighted by atomic mass is 35.5. The van der Waals surface area contributed by atoms with Crippen LogP contribution in [0.15, 0.2) is 42.7 Å². The molecule has 0 aliphatic rings. The van der Waals surface area contributed by atoms with Crippen molar-refractivity contribution in [2.24, 2.45) is 0 Å². The van der Waals surface area contributed by atoms with Gasteiger partial charge in [0.05, 0.1) is 6.54 Å². The fourth-order valence-corrected chi connectivity index (χ4v) is 1.59. The lowest BCUT2D eigenvalue weighted by molar-refractivity contribution is -0.113. The van der Waals surface area contributed by atoms with E-state index >= 15 is 0 Å². The summed E-state index contributed by atoms with van der Waals surface area (Å²) >= 11 is 5.43. The smallest absolute Gasteiger partial charge is 0.239 e. The zero-order valence-electron chi connectivity index (χ0n) is 9.14. The van der Waals surface area contributed by atoms with Crippen LogP contribution < -0.4 is 5.32 Å². The molecule has 0 spiro atoms. The Morgan fingerprint density at radius 1 is 1.41 bits per heavy atom. The van der Waals surface area contributed by atoms with Gasteiger partial charge in [-0.1, -0.05) is 12.1 Å². The van der Waals surface area contributed by atoms with Crippen LogP contribution in [0.3, 0.4) is 0 Å². The van der Waals surface area contributed by atoms with Crippen LogP contribution in [0, 0.1) is 0 Å². The van der Waals surface area contributed by atoms with Gasteiger partial charge in [-0.15, -0.1) is 11.6 Å². The zero-order valence-corrected chi connectivity index (χ0v) is 9.89. The number of hydrogen-bond acceptors (Lipinski definition) is 2. The average molecular weight is 250 g/mol. The second-order valence-electron chi connectivity index (χ2n) is 3.59. The summed E-state index contributed by atoms with van der Waals surface area (Å²) in [6.07, 6.45) is 3.63. The number of rotatable bonds is 4. The quantitative estimate of drug-likeness (QED) is 0.844. The molecular weight excluding hydrogens is 238 g/mol. The van der Waals surface area contributed by atoms with Crippen molar-refractivity contribution in [1.82, 2.24) is 9.78 Å². The van der Waals surface area contributed by atoms with E-state index in [-0.39, 0.29) is 11.8 Å². The molecule has 5 heteroatoms. The minimum absolute atomic E-state index is 0.0383. The molecule has 0 aliphatic carbocycles. The van der Waals surface area contributed by atoms with Crippen LogP contribution in [0.2, 0.25) is 0 Å². The summed E-state index contributed by atoms with van der Waals surface area (Å²) in [5, 5.41) is 6.84. The van der Waals surface area contributed by atoms with Gasteiger partial charge in [-0.05, 0) is 23.8 Å². The first kappa shape index (κ1) is 11.7. The predicted octanol–water partition coefficient (Wildman–Crippen LogP) is 2.11. The van der Waals surface area contributed by atoms with Crippen molar-refractivity contribution in [2.45, 2.75) is 6.54 Å². The Bertz CT molecular complexity index is 496. The van der Waals surface area contributed by atoms with Crippen molar-refractivity contribution >= 4 is 23.2 Å². The van der Waals surface area contributed by atoms with Crippen LogP contribution in [-0.2, 0) is 11.3 Å². The molecule has 0 bridgehead atoms. The van der Waals surface area contributed by atoms with Crippen LogP contribution in [0.5, 0.6) is 0 Å². The molecular formula is C12H12ClN3O. The molecule has 1 heterocycles. The standard InChI is InChI=1S/C12H12ClN3O/c13-8-12(17)15-11-4-1-3-10(7-11)9-16-6-2-5-14-16/h1-7H,8-9H2,(H,15,17). The molecule has 0 aliphatic heterocycles. The number of halogens is 1. The van der Waals surface area contributed by atoms with Crippen LogP contribution in [0.1, 0.15) is 5.56 Å². The molecule has 1 aromatic heterocycles. The number of benzene rings is 1. The van der Waals surface area contributed by atoms with Crippen molar-refractivity contribution in [3.05, 3.63) is 48.3 Å². The molecule has 1 N–H and O–H groups in total. The molecule has 88 valence electrons. The lowest BCUT2D eigenvalue weighted by Gasteiger charge is -2.06. The SMILES string of the molecule is O=C(CCl)Nc1cccc(Cn2cccn2)c1. The van der Waals surface area contributed by atoms with Crippen molar-refractivity contribution in [2.75, 3.05) is 11.2 Å². The molecule has 2 rings (SSSR count). The Kier molecular flexibility index (Phi) is 3.77. The molecule has 1 aromatic carbocycles. The Hall–Kier alpha value is -1.81. The molecule has 0 unspecified atom stereocenters. The van der Waals surface area contributed by atoms with Gasteiger partial charge in [0.15, 0.2) is 0 Å². The molecule has 0 fully saturated rings. The molecule has 0 saturated heterocycles. The fraction of sp³-hybridized carbons (Fsp3) is 0.167. The van der Waals surface area contributed by atoms with Gasteiger partial charge in [0.25, 0.3) is 0 Å². The van der Waals surface area contributed by atoms with Crippen LogP contribution in [0.4, 0.5) is 5.69 Å². The molecule has 17 heavy (non-hydrogen) atoms. The second-order valence-corrected chi connectivity index (χ2v) is 3.85. The Morgan fingerprint density at radius 3 is 3.00 bits per heavy atom. The summed E-state index contributed by atoms with van der Waals surface area (Å²) in [6.45, 7) is 0.678. The molecule has 0 radical (unpaired) electrons. The molecule has 4 nitrogen and oxygen atoms in total. The third-order valence-corrected chi connectivity index (χ3v) is 2.48. The van der Waals surface area contributed by atoms with E-state index in [1.54, 1.807) is 6.20 Å². The van der Waals surface area contributed by atoms with Gasteiger partial charge < -0.3 is 5.32 Å². The topological polar surface area (TPSA) is 46.9 Å². The van der Waals surface area contributed by atoms with Gasteiger partial charge in [0.1, 0.15) is 5.88 Å². The van der Waals surface area contributed by atoms with E-state index in [9.17, 15) is 4.79 Å². The highest BCUT2D eigenvalue weighted by molar-refractivity contribution is 6.29. The monoisotopic (exact) mass is 249 g/mol. The minimum Gasteiger partial charge on any atom is -0.325 e. The molecule has 2 aromatic rings. The Morgan fingerprint density at radius 2 is 2.29 bits per heavy atom. The summed E-state index contributed by atoms with van der Waals surface area (Å²) in [7, 11) is 0. The number of hydrogen-bond donors (Lipinski definition) is 1. The van der Waals surface area contributed by atoms with E-state index in [4.69, 9.17) is 11.6 Å². The largest absolute Gasteiger partial charge is 0.325 e. The van der Waals surface area contributed by atoms with Gasteiger partial charge in [-0.2, -0.15) is 5.10 Å². The molecule has 0 saturated carbocycles. The number of nitrogens with one attached hydrogen (secondary N) is 1. The summed E-state index contributed by atoms with van der Waals surface area (Å²) in [4.78, 5) is 11.1. The average Bonchev–Trinajstić information content (AvgIpc) is 2.82. The second kappa shape index (κ2) is 5.50. The van der Waals surface area contributed by atoms with Crippen molar-refractivity contribution in [1.29, 1.82) is 0 Å².